The van der Waals surface area contributed by atoms with Crippen molar-refractivity contribution in [1.82, 2.24) is 0 Å². The molecule has 3 heteroatoms. The van der Waals surface area contributed by atoms with Crippen molar-refractivity contribution in [3.05, 3.63) is 88.0 Å². The van der Waals surface area contributed by atoms with E-state index in [2.05, 4.69) is 53.7 Å². The molecule has 0 bridgehead atoms. The lowest BCUT2D eigenvalue weighted by Crippen LogP contribution is -2.20. The zero-order valence-electron chi connectivity index (χ0n) is 21.3. The standard InChI is InChI=1S/C30H37NO2/c1-20-12-11-13-21(2)28(20)33-27-15-10-9-14-26(27)31-18-22-16-23(29(3,4)5)17-25(24(22)19-32)30(6,7)8/h9-18,32H,19H2,1-8H3. The van der Waals surface area contributed by atoms with Crippen LogP contribution < -0.4 is 4.74 Å². The molecular formula is C30H37NO2. The molecule has 0 heterocycles. The monoisotopic (exact) mass is 443 g/mol. The predicted octanol–water partition coefficient (Wildman–Crippen LogP) is 7.93. The SMILES string of the molecule is Cc1cccc(C)c1Oc1ccccc1N=Cc1cc(C(C)(C)C)cc(C(C)(C)C)c1CO. The molecule has 0 fully saturated rings. The quantitative estimate of drug-likeness (QED) is 0.407. The van der Waals surface area contributed by atoms with Gasteiger partial charge in [0.15, 0.2) is 5.75 Å². The van der Waals surface area contributed by atoms with Crippen molar-refractivity contribution in [3.63, 3.8) is 0 Å². The smallest absolute Gasteiger partial charge is 0.153 e. The third-order valence-corrected chi connectivity index (χ3v) is 5.95. The maximum absolute atomic E-state index is 10.3. The maximum atomic E-state index is 10.3. The third kappa shape index (κ3) is 5.72. The minimum Gasteiger partial charge on any atom is -0.455 e. The highest BCUT2D eigenvalue weighted by Crippen LogP contribution is 2.36. The van der Waals surface area contributed by atoms with E-state index in [0.717, 1.165) is 39.3 Å². The summed E-state index contributed by atoms with van der Waals surface area (Å²) in [5, 5.41) is 10.3. The van der Waals surface area contributed by atoms with Gasteiger partial charge in [0, 0.05) is 6.21 Å². The molecule has 0 atom stereocenters. The van der Waals surface area contributed by atoms with Gasteiger partial charge < -0.3 is 9.84 Å². The Morgan fingerprint density at radius 3 is 2.06 bits per heavy atom. The van der Waals surface area contributed by atoms with Crippen LogP contribution in [0, 0.1) is 13.8 Å². The number of benzene rings is 3. The van der Waals surface area contributed by atoms with Crippen LogP contribution in [0.15, 0.2) is 59.6 Å². The number of rotatable bonds is 5. The summed E-state index contributed by atoms with van der Waals surface area (Å²) < 4.78 is 6.31. The summed E-state index contributed by atoms with van der Waals surface area (Å²) >= 11 is 0. The summed E-state index contributed by atoms with van der Waals surface area (Å²) in [5.74, 6) is 1.57. The van der Waals surface area contributed by atoms with Crippen molar-refractivity contribution in [2.75, 3.05) is 0 Å². The van der Waals surface area contributed by atoms with Gasteiger partial charge in [-0.2, -0.15) is 0 Å². The average molecular weight is 444 g/mol. The van der Waals surface area contributed by atoms with Crippen molar-refractivity contribution >= 4 is 11.9 Å². The van der Waals surface area contributed by atoms with Crippen LogP contribution in [0.5, 0.6) is 11.5 Å². The van der Waals surface area contributed by atoms with Crippen LogP contribution in [0.25, 0.3) is 0 Å². The number of aliphatic imine (C=N–C) groups is 1. The van der Waals surface area contributed by atoms with Gasteiger partial charge in [-0.25, -0.2) is 0 Å². The number of ether oxygens (including phenoxy) is 1. The van der Waals surface area contributed by atoms with Gasteiger partial charge in [0.2, 0.25) is 0 Å². The van der Waals surface area contributed by atoms with E-state index in [1.165, 1.54) is 5.56 Å². The highest BCUT2D eigenvalue weighted by Gasteiger charge is 2.24. The van der Waals surface area contributed by atoms with E-state index in [1.807, 2.05) is 62.5 Å². The van der Waals surface area contributed by atoms with Crippen LogP contribution >= 0.6 is 0 Å². The molecule has 0 aliphatic heterocycles. The van der Waals surface area contributed by atoms with Crippen LogP contribution in [-0.4, -0.2) is 11.3 Å². The van der Waals surface area contributed by atoms with E-state index >= 15 is 0 Å². The Kier molecular flexibility index (Phi) is 7.14. The van der Waals surface area contributed by atoms with Gasteiger partial charge in [0.1, 0.15) is 11.4 Å². The summed E-state index contributed by atoms with van der Waals surface area (Å²) in [5.41, 5.74) is 7.07. The van der Waals surface area contributed by atoms with Gasteiger partial charge in [0.05, 0.1) is 6.61 Å². The Morgan fingerprint density at radius 1 is 0.848 bits per heavy atom. The molecule has 0 saturated heterocycles. The first-order chi connectivity index (χ1) is 15.4. The third-order valence-electron chi connectivity index (χ3n) is 5.95. The average Bonchev–Trinajstić information content (AvgIpc) is 2.73. The molecule has 0 aromatic heterocycles. The number of para-hydroxylation sites is 3. The highest BCUT2D eigenvalue weighted by molar-refractivity contribution is 5.86. The number of aliphatic hydroxyl groups excluding tert-OH is 1. The van der Waals surface area contributed by atoms with E-state index in [9.17, 15) is 5.11 Å². The molecule has 0 radical (unpaired) electrons. The molecule has 33 heavy (non-hydrogen) atoms. The molecule has 174 valence electrons. The zero-order valence-corrected chi connectivity index (χ0v) is 21.3. The van der Waals surface area contributed by atoms with Gasteiger partial charge in [-0.3, -0.25) is 4.99 Å². The Labute approximate surface area is 199 Å². The largest absolute Gasteiger partial charge is 0.455 e. The van der Waals surface area contributed by atoms with Gasteiger partial charge in [-0.1, -0.05) is 77.9 Å². The van der Waals surface area contributed by atoms with Crippen LogP contribution in [0.4, 0.5) is 5.69 Å². The Balaban J connectivity index is 2.09. The molecule has 0 spiro atoms. The molecule has 3 rings (SSSR count). The predicted molar refractivity (Wildman–Crippen MR) is 139 cm³/mol. The van der Waals surface area contributed by atoms with Crippen LogP contribution in [0.3, 0.4) is 0 Å². The topological polar surface area (TPSA) is 41.8 Å². The normalized spacial score (nSPS) is 12.4. The van der Waals surface area contributed by atoms with E-state index in [-0.39, 0.29) is 17.4 Å². The fraction of sp³-hybridized carbons (Fsp3) is 0.367. The van der Waals surface area contributed by atoms with Crippen molar-refractivity contribution in [2.45, 2.75) is 72.8 Å². The highest BCUT2D eigenvalue weighted by atomic mass is 16.5. The molecule has 3 aromatic rings. The van der Waals surface area contributed by atoms with Gasteiger partial charge in [-0.15, -0.1) is 0 Å². The molecule has 0 aliphatic rings. The number of hydrogen-bond acceptors (Lipinski definition) is 3. The van der Waals surface area contributed by atoms with Crippen LogP contribution in [-0.2, 0) is 17.4 Å². The number of aryl methyl sites for hydroxylation is 2. The van der Waals surface area contributed by atoms with Crippen LogP contribution in [0.2, 0.25) is 0 Å². The van der Waals surface area contributed by atoms with Crippen molar-refractivity contribution < 1.29 is 9.84 Å². The minimum absolute atomic E-state index is 0.0139. The van der Waals surface area contributed by atoms with E-state index in [4.69, 9.17) is 9.73 Å². The molecule has 3 nitrogen and oxygen atoms in total. The lowest BCUT2D eigenvalue weighted by molar-refractivity contribution is 0.278. The lowest BCUT2D eigenvalue weighted by Gasteiger charge is -2.28. The summed E-state index contributed by atoms with van der Waals surface area (Å²) in [6, 6.07) is 18.3. The molecule has 0 unspecified atom stereocenters. The first-order valence-electron chi connectivity index (χ1n) is 11.6. The second-order valence-corrected chi connectivity index (χ2v) is 10.8. The van der Waals surface area contributed by atoms with Crippen molar-refractivity contribution in [1.29, 1.82) is 0 Å². The fourth-order valence-electron chi connectivity index (χ4n) is 3.95. The zero-order chi connectivity index (χ0) is 24.4. The molecular weight excluding hydrogens is 406 g/mol. The molecule has 0 aliphatic carbocycles. The summed E-state index contributed by atoms with van der Waals surface area (Å²) in [4.78, 5) is 4.83. The first kappa shape index (κ1) is 24.7. The van der Waals surface area contributed by atoms with Crippen molar-refractivity contribution in [2.24, 2.45) is 4.99 Å². The Morgan fingerprint density at radius 2 is 1.48 bits per heavy atom. The minimum atomic E-state index is -0.0920. The maximum Gasteiger partial charge on any atom is 0.153 e. The second kappa shape index (κ2) is 9.52. The Hall–Kier alpha value is -2.91. The molecule has 0 amide bonds. The van der Waals surface area contributed by atoms with Crippen LogP contribution in [0.1, 0.15) is 74.9 Å². The van der Waals surface area contributed by atoms with Gasteiger partial charge in [-0.05, 0) is 76.3 Å². The Bertz CT molecular complexity index is 1140. The second-order valence-electron chi connectivity index (χ2n) is 10.8. The fourth-order valence-corrected chi connectivity index (χ4v) is 3.95. The number of aliphatic hydroxyl groups is 1. The van der Waals surface area contributed by atoms with Gasteiger partial charge in [0.25, 0.3) is 0 Å². The molecule has 0 saturated carbocycles. The first-order valence-corrected chi connectivity index (χ1v) is 11.6. The van der Waals surface area contributed by atoms with Crippen molar-refractivity contribution in [3.8, 4) is 11.5 Å². The van der Waals surface area contributed by atoms with E-state index in [1.54, 1.807) is 0 Å². The number of nitrogens with zero attached hydrogens (tertiary/aromatic N) is 1. The summed E-state index contributed by atoms with van der Waals surface area (Å²) in [6.07, 6.45) is 1.86. The lowest BCUT2D eigenvalue weighted by atomic mass is 9.77. The number of hydrogen-bond donors (Lipinski definition) is 1. The molecule has 3 aromatic carbocycles. The summed E-state index contributed by atoms with van der Waals surface area (Å²) in [6.45, 7) is 17.2. The van der Waals surface area contributed by atoms with Gasteiger partial charge >= 0.3 is 0 Å². The molecule has 1 N–H and O–H groups in total. The summed E-state index contributed by atoms with van der Waals surface area (Å²) in [7, 11) is 0. The van der Waals surface area contributed by atoms with E-state index in [0.29, 0.717) is 5.75 Å². The van der Waals surface area contributed by atoms with E-state index < -0.39 is 0 Å².